The summed E-state index contributed by atoms with van der Waals surface area (Å²) in [4.78, 5) is 0. The van der Waals surface area contributed by atoms with Crippen molar-refractivity contribution >= 4 is 53.8 Å². The highest BCUT2D eigenvalue weighted by molar-refractivity contribution is 8.07. The molecule has 0 amide bonds. The SMILES string of the molecule is CN[P@@]1(Cl)=N[P@@](Cl)(N(C)C)=N[P@](Cl)(N(C)C)=N1. The molecule has 3 atom stereocenters. The third-order valence-electron chi connectivity index (χ3n) is 1.99. The van der Waals surface area contributed by atoms with Gasteiger partial charge in [0.15, 0.2) is 0 Å². The number of rotatable bonds is 3. The van der Waals surface area contributed by atoms with Crippen molar-refractivity contribution in [2.45, 2.75) is 0 Å². The summed E-state index contributed by atoms with van der Waals surface area (Å²) in [6.45, 7) is -7.68. The van der Waals surface area contributed by atoms with Gasteiger partial charge in [-0.25, -0.2) is 9.34 Å². The molecule has 1 rings (SSSR count). The molecule has 12 heteroatoms. The van der Waals surface area contributed by atoms with E-state index >= 15 is 0 Å². The smallest absolute Gasteiger partial charge is 0.238 e. The van der Waals surface area contributed by atoms with Gasteiger partial charge in [-0.2, -0.15) is 13.5 Å². The van der Waals surface area contributed by atoms with Crippen LogP contribution in [-0.4, -0.2) is 44.6 Å². The van der Waals surface area contributed by atoms with Crippen LogP contribution in [0.25, 0.3) is 0 Å². The van der Waals surface area contributed by atoms with Gasteiger partial charge >= 0.3 is 0 Å². The number of nitrogens with zero attached hydrogens (tertiary/aromatic N) is 5. The quantitative estimate of drug-likeness (QED) is 0.729. The van der Waals surface area contributed by atoms with E-state index < -0.39 is 20.1 Å². The van der Waals surface area contributed by atoms with Crippen molar-refractivity contribution in [3.8, 4) is 0 Å². The highest BCUT2D eigenvalue weighted by atomic mass is 35.7. The molecule has 0 aromatic heterocycles. The van der Waals surface area contributed by atoms with Crippen LogP contribution in [0.15, 0.2) is 13.5 Å². The summed E-state index contributed by atoms with van der Waals surface area (Å²) >= 11 is 19.3. The Morgan fingerprint density at radius 2 is 1.24 bits per heavy atom. The molecule has 0 aliphatic carbocycles. The predicted octanol–water partition coefficient (Wildman–Crippen LogP) is 4.90. The second-order valence-corrected chi connectivity index (χ2v) is 15.1. The number of nitrogens with one attached hydrogen (secondary N) is 1. The van der Waals surface area contributed by atoms with Crippen molar-refractivity contribution in [2.24, 2.45) is 13.5 Å². The van der Waals surface area contributed by atoms with Gasteiger partial charge in [-0.3, -0.25) is 5.09 Å². The van der Waals surface area contributed by atoms with E-state index in [-0.39, 0.29) is 0 Å². The highest BCUT2D eigenvalue weighted by Crippen LogP contribution is 2.82. The molecule has 1 heterocycles. The molecule has 102 valence electrons. The largest absolute Gasteiger partial charge is 0.256 e. The van der Waals surface area contributed by atoms with Gasteiger partial charge in [0, 0.05) is 0 Å². The van der Waals surface area contributed by atoms with Crippen molar-refractivity contribution < 1.29 is 0 Å². The fourth-order valence-electron chi connectivity index (χ4n) is 0.910. The van der Waals surface area contributed by atoms with Gasteiger partial charge in [0.25, 0.3) is 0 Å². The Hall–Kier alpha value is 1.44. The minimum absolute atomic E-state index is 1.70. The zero-order valence-electron chi connectivity index (χ0n) is 10.2. The molecule has 1 aliphatic heterocycles. The van der Waals surface area contributed by atoms with Crippen LogP contribution in [0.2, 0.25) is 0 Å². The van der Waals surface area contributed by atoms with Crippen molar-refractivity contribution in [3.05, 3.63) is 0 Å². The van der Waals surface area contributed by atoms with Crippen LogP contribution < -0.4 is 5.09 Å². The molecule has 0 saturated carbocycles. The number of hydrogen-bond acceptors (Lipinski definition) is 6. The van der Waals surface area contributed by atoms with Crippen LogP contribution >= 0.6 is 53.8 Å². The van der Waals surface area contributed by atoms with Gasteiger partial charge in [-0.1, -0.05) is 0 Å². The second kappa shape index (κ2) is 5.44. The minimum Gasteiger partial charge on any atom is -0.256 e. The van der Waals surface area contributed by atoms with E-state index in [0.717, 1.165) is 0 Å². The van der Waals surface area contributed by atoms with Crippen molar-refractivity contribution in [1.82, 2.24) is 14.4 Å². The van der Waals surface area contributed by atoms with Crippen molar-refractivity contribution in [2.75, 3.05) is 35.2 Å². The Labute approximate surface area is 117 Å². The molecule has 0 aromatic rings. The zero-order valence-corrected chi connectivity index (χ0v) is 15.2. The third-order valence-corrected chi connectivity index (χ3v) is 16.1. The average molecular weight is 360 g/mol. The molecule has 0 aromatic carbocycles. The standard InChI is InChI=1S/C5H16Cl3N6P3/c1-9-15(6)10-16(7,13(2)3)12-17(8,11-15)14(4)5/h9H,1-5H3/t16-,17-/m1/s1. The van der Waals surface area contributed by atoms with Crippen LogP contribution in [0.5, 0.6) is 0 Å². The minimum atomic E-state index is -2.57. The highest BCUT2D eigenvalue weighted by Gasteiger charge is 2.36. The summed E-state index contributed by atoms with van der Waals surface area (Å²) < 4.78 is 16.8. The summed E-state index contributed by atoms with van der Waals surface area (Å²) in [5, 5.41) is 2.92. The summed E-state index contributed by atoms with van der Waals surface area (Å²) in [6.07, 6.45) is 0. The molecule has 0 fully saturated rings. The average Bonchev–Trinajstić information content (AvgIpc) is 2.15. The lowest BCUT2D eigenvalue weighted by Gasteiger charge is -2.32. The summed E-state index contributed by atoms with van der Waals surface area (Å²) in [5.74, 6) is 0. The maximum absolute atomic E-state index is 6.47. The Kier molecular flexibility index (Phi) is 5.28. The van der Waals surface area contributed by atoms with Crippen LogP contribution in [0.3, 0.4) is 0 Å². The van der Waals surface area contributed by atoms with Crippen LogP contribution in [0.1, 0.15) is 0 Å². The number of hydrogen-bond donors (Lipinski definition) is 1. The van der Waals surface area contributed by atoms with Crippen LogP contribution in [-0.2, 0) is 0 Å². The summed E-state index contributed by atoms with van der Waals surface area (Å²) in [7, 11) is 8.95. The predicted molar refractivity (Wildman–Crippen MR) is 82.0 cm³/mol. The third kappa shape index (κ3) is 3.51. The fraction of sp³-hybridized carbons (Fsp3) is 1.00. The molecular formula is C5H16Cl3N6P3. The molecule has 0 unspecified atom stereocenters. The first kappa shape index (κ1) is 16.5. The van der Waals surface area contributed by atoms with E-state index in [9.17, 15) is 0 Å². The molecular weight excluding hydrogens is 343 g/mol. The lowest BCUT2D eigenvalue weighted by atomic mass is 11.3. The number of halogens is 3. The van der Waals surface area contributed by atoms with Crippen LogP contribution in [0, 0.1) is 0 Å². The monoisotopic (exact) mass is 358 g/mol. The van der Waals surface area contributed by atoms with E-state index in [2.05, 4.69) is 18.6 Å². The molecule has 0 spiro atoms. The first-order valence-electron chi connectivity index (χ1n) is 4.62. The molecule has 6 nitrogen and oxygen atoms in total. The lowest BCUT2D eigenvalue weighted by Crippen LogP contribution is -2.10. The van der Waals surface area contributed by atoms with E-state index in [1.165, 1.54) is 0 Å². The van der Waals surface area contributed by atoms with Gasteiger partial charge in [0.2, 0.25) is 20.1 Å². The van der Waals surface area contributed by atoms with Gasteiger partial charge in [0.05, 0.1) is 0 Å². The molecule has 0 bridgehead atoms. The molecule has 1 aliphatic rings. The second-order valence-electron chi connectivity index (χ2n) is 3.70. The van der Waals surface area contributed by atoms with E-state index in [1.54, 1.807) is 16.4 Å². The fourth-order valence-corrected chi connectivity index (χ4v) is 15.2. The van der Waals surface area contributed by atoms with E-state index in [4.69, 9.17) is 33.7 Å². The first-order valence-corrected chi connectivity index (χ1v) is 12.3. The maximum Gasteiger partial charge on any atom is 0.238 e. The normalized spacial score (nSPS) is 42.0. The van der Waals surface area contributed by atoms with Gasteiger partial charge in [-0.05, 0) is 69.0 Å². The molecule has 0 saturated heterocycles. The van der Waals surface area contributed by atoms with E-state index in [0.29, 0.717) is 0 Å². The molecule has 0 radical (unpaired) electrons. The Morgan fingerprint density at radius 3 is 1.59 bits per heavy atom. The lowest BCUT2D eigenvalue weighted by molar-refractivity contribution is 0.669. The van der Waals surface area contributed by atoms with Crippen molar-refractivity contribution in [1.29, 1.82) is 0 Å². The Morgan fingerprint density at radius 1 is 0.824 bits per heavy atom. The van der Waals surface area contributed by atoms with Crippen molar-refractivity contribution in [3.63, 3.8) is 0 Å². The van der Waals surface area contributed by atoms with Gasteiger partial charge < -0.3 is 0 Å². The first-order chi connectivity index (χ1) is 7.57. The van der Waals surface area contributed by atoms with Gasteiger partial charge in [0.1, 0.15) is 0 Å². The summed E-state index contributed by atoms with van der Waals surface area (Å²) in [6, 6.07) is 0. The van der Waals surface area contributed by atoms with Crippen LogP contribution in [0.4, 0.5) is 0 Å². The van der Waals surface area contributed by atoms with Gasteiger partial charge in [-0.15, -0.1) is 0 Å². The summed E-state index contributed by atoms with van der Waals surface area (Å²) in [5.41, 5.74) is 0. The Balaban J connectivity index is 3.60. The van der Waals surface area contributed by atoms with E-state index in [1.807, 2.05) is 28.2 Å². The topological polar surface area (TPSA) is 55.6 Å². The molecule has 17 heavy (non-hydrogen) atoms. The zero-order chi connectivity index (χ0) is 13.5. The Bertz CT molecular complexity index is 458. The molecule has 1 N–H and O–H groups in total. The maximum atomic E-state index is 6.47.